The van der Waals surface area contributed by atoms with Crippen LogP contribution in [0.5, 0.6) is 0 Å². The molecule has 1 heterocycles. The molecule has 2 aromatic rings. The summed E-state index contributed by atoms with van der Waals surface area (Å²) < 4.78 is 1.38. The van der Waals surface area contributed by atoms with Crippen LogP contribution in [0.4, 0.5) is 0 Å². The highest BCUT2D eigenvalue weighted by molar-refractivity contribution is 6.00. The Balaban J connectivity index is 2.95. The van der Waals surface area contributed by atoms with E-state index < -0.39 is 5.97 Å². The Kier molecular flexibility index (Phi) is 1.67. The molecule has 0 radical (unpaired) electrons. The third-order valence-corrected chi connectivity index (χ3v) is 2.17. The molecule has 2 rings (SSSR count). The van der Waals surface area contributed by atoms with Gasteiger partial charge < -0.3 is 10.1 Å². The number of para-hydroxylation sites is 1. The van der Waals surface area contributed by atoms with Crippen LogP contribution in [0.25, 0.3) is 11.0 Å². The highest BCUT2D eigenvalue weighted by atomic mass is 16.4. The number of aromatic carboxylic acids is 1. The SMILES string of the molecule is Cn1c(=O)[nH]c2c(C(=O)O)cccc21. The van der Waals surface area contributed by atoms with Crippen molar-refractivity contribution in [1.29, 1.82) is 0 Å². The molecule has 0 aliphatic rings. The topological polar surface area (TPSA) is 75.1 Å². The van der Waals surface area contributed by atoms with E-state index in [0.717, 1.165) is 0 Å². The van der Waals surface area contributed by atoms with Crippen molar-refractivity contribution in [2.24, 2.45) is 7.05 Å². The van der Waals surface area contributed by atoms with E-state index in [9.17, 15) is 9.59 Å². The van der Waals surface area contributed by atoms with Crippen LogP contribution in [0.1, 0.15) is 10.4 Å². The number of aryl methyl sites for hydroxylation is 1. The summed E-state index contributed by atoms with van der Waals surface area (Å²) >= 11 is 0. The fourth-order valence-corrected chi connectivity index (χ4v) is 1.43. The van der Waals surface area contributed by atoms with Gasteiger partial charge in [0.05, 0.1) is 16.6 Å². The number of fused-ring (bicyclic) bond motifs is 1. The van der Waals surface area contributed by atoms with E-state index in [1.54, 1.807) is 19.2 Å². The minimum Gasteiger partial charge on any atom is -0.478 e. The van der Waals surface area contributed by atoms with Gasteiger partial charge in [-0.3, -0.25) is 4.57 Å². The molecule has 1 aromatic heterocycles. The Morgan fingerprint density at radius 2 is 2.21 bits per heavy atom. The fraction of sp³-hybridized carbons (Fsp3) is 0.111. The number of aromatic amines is 1. The minimum absolute atomic E-state index is 0.111. The van der Waals surface area contributed by atoms with E-state index in [2.05, 4.69) is 4.98 Å². The van der Waals surface area contributed by atoms with Crippen molar-refractivity contribution >= 4 is 17.0 Å². The maximum Gasteiger partial charge on any atom is 0.337 e. The molecule has 0 spiro atoms. The maximum atomic E-state index is 11.2. The Labute approximate surface area is 78.6 Å². The molecule has 0 saturated heterocycles. The lowest BCUT2D eigenvalue weighted by atomic mass is 10.2. The average Bonchev–Trinajstić information content (AvgIpc) is 2.43. The van der Waals surface area contributed by atoms with Crippen LogP contribution < -0.4 is 5.69 Å². The molecule has 0 unspecified atom stereocenters. The number of carbonyl (C=O) groups is 1. The summed E-state index contributed by atoms with van der Waals surface area (Å²) in [5, 5.41) is 8.85. The van der Waals surface area contributed by atoms with Crippen molar-refractivity contribution in [3.63, 3.8) is 0 Å². The predicted molar refractivity (Wildman–Crippen MR) is 50.5 cm³/mol. The van der Waals surface area contributed by atoms with Gasteiger partial charge in [-0.15, -0.1) is 0 Å². The summed E-state index contributed by atoms with van der Waals surface area (Å²) in [6.45, 7) is 0. The van der Waals surface area contributed by atoms with Gasteiger partial charge in [0.15, 0.2) is 0 Å². The summed E-state index contributed by atoms with van der Waals surface area (Å²) in [5.41, 5.74) is 0.760. The zero-order valence-corrected chi connectivity index (χ0v) is 7.44. The van der Waals surface area contributed by atoms with Gasteiger partial charge in [-0.1, -0.05) is 6.07 Å². The largest absolute Gasteiger partial charge is 0.478 e. The van der Waals surface area contributed by atoms with Crippen molar-refractivity contribution < 1.29 is 9.90 Å². The first kappa shape index (κ1) is 8.55. The molecule has 72 valence electrons. The first-order chi connectivity index (χ1) is 6.61. The van der Waals surface area contributed by atoms with Crippen molar-refractivity contribution in [3.05, 3.63) is 34.2 Å². The number of hydrogen-bond donors (Lipinski definition) is 2. The third kappa shape index (κ3) is 1.02. The monoisotopic (exact) mass is 192 g/mol. The summed E-state index contributed by atoms with van der Waals surface area (Å²) in [4.78, 5) is 24.5. The average molecular weight is 192 g/mol. The van der Waals surface area contributed by atoms with Gasteiger partial charge in [-0.2, -0.15) is 0 Å². The van der Waals surface area contributed by atoms with Gasteiger partial charge in [-0.05, 0) is 12.1 Å². The van der Waals surface area contributed by atoms with E-state index in [-0.39, 0.29) is 11.3 Å². The Hall–Kier alpha value is -2.04. The summed E-state index contributed by atoms with van der Waals surface area (Å²) in [6.07, 6.45) is 0. The number of hydrogen-bond acceptors (Lipinski definition) is 2. The summed E-state index contributed by atoms with van der Waals surface area (Å²) in [6, 6.07) is 4.76. The lowest BCUT2D eigenvalue weighted by Crippen LogP contribution is -2.11. The van der Waals surface area contributed by atoms with Crippen LogP contribution in [0.15, 0.2) is 23.0 Å². The maximum absolute atomic E-state index is 11.2. The number of carboxylic acid groups (broad SMARTS) is 1. The molecule has 2 N–H and O–H groups in total. The van der Waals surface area contributed by atoms with Crippen molar-refractivity contribution in [2.45, 2.75) is 0 Å². The van der Waals surface area contributed by atoms with E-state index in [0.29, 0.717) is 11.0 Å². The zero-order valence-electron chi connectivity index (χ0n) is 7.44. The molecule has 0 aliphatic carbocycles. The molecule has 5 heteroatoms. The number of benzene rings is 1. The number of nitrogens with one attached hydrogen (secondary N) is 1. The number of rotatable bonds is 1. The van der Waals surface area contributed by atoms with Crippen LogP contribution in [0.2, 0.25) is 0 Å². The molecule has 0 aliphatic heterocycles. The number of aromatic nitrogens is 2. The molecule has 0 atom stereocenters. The molecular weight excluding hydrogens is 184 g/mol. The van der Waals surface area contributed by atoms with Gasteiger partial charge in [0.1, 0.15) is 0 Å². The standard InChI is InChI=1S/C9H8N2O3/c1-11-6-4-2-3-5(8(12)13)7(6)10-9(11)14/h2-4H,1H3,(H,10,14)(H,12,13). The second-order valence-electron chi connectivity index (χ2n) is 2.99. The third-order valence-electron chi connectivity index (χ3n) is 2.17. The molecule has 14 heavy (non-hydrogen) atoms. The highest BCUT2D eigenvalue weighted by Gasteiger charge is 2.11. The Morgan fingerprint density at radius 3 is 2.86 bits per heavy atom. The molecule has 5 nitrogen and oxygen atoms in total. The van der Waals surface area contributed by atoms with Crippen molar-refractivity contribution in [2.75, 3.05) is 0 Å². The normalized spacial score (nSPS) is 10.6. The van der Waals surface area contributed by atoms with Crippen molar-refractivity contribution in [1.82, 2.24) is 9.55 Å². The predicted octanol–water partition coefficient (Wildman–Crippen LogP) is 0.565. The van der Waals surface area contributed by atoms with E-state index in [4.69, 9.17) is 5.11 Å². The van der Waals surface area contributed by atoms with Crippen molar-refractivity contribution in [3.8, 4) is 0 Å². The first-order valence-electron chi connectivity index (χ1n) is 4.02. The molecule has 0 amide bonds. The lowest BCUT2D eigenvalue weighted by Gasteiger charge is -1.96. The van der Waals surface area contributed by atoms with Gasteiger partial charge in [-0.25, -0.2) is 9.59 Å². The molecule has 0 saturated carbocycles. The molecule has 0 bridgehead atoms. The quantitative estimate of drug-likeness (QED) is 0.693. The van der Waals surface area contributed by atoms with Crippen LogP contribution in [0.3, 0.4) is 0 Å². The molecule has 0 fully saturated rings. The minimum atomic E-state index is -1.04. The smallest absolute Gasteiger partial charge is 0.337 e. The number of carboxylic acids is 1. The zero-order chi connectivity index (χ0) is 10.3. The fourth-order valence-electron chi connectivity index (χ4n) is 1.43. The van der Waals surface area contributed by atoms with Gasteiger partial charge in [0.25, 0.3) is 0 Å². The lowest BCUT2D eigenvalue weighted by molar-refractivity contribution is 0.0699. The van der Waals surface area contributed by atoms with E-state index in [1.165, 1.54) is 10.6 Å². The van der Waals surface area contributed by atoms with E-state index >= 15 is 0 Å². The second kappa shape index (κ2) is 2.73. The van der Waals surface area contributed by atoms with Crippen LogP contribution in [-0.2, 0) is 7.05 Å². The van der Waals surface area contributed by atoms with Gasteiger partial charge in [0.2, 0.25) is 0 Å². The Bertz CT molecular complexity index is 565. The second-order valence-corrected chi connectivity index (χ2v) is 2.99. The summed E-state index contributed by atoms with van der Waals surface area (Å²) in [7, 11) is 1.59. The van der Waals surface area contributed by atoms with Crippen LogP contribution in [-0.4, -0.2) is 20.6 Å². The number of nitrogens with zero attached hydrogens (tertiary/aromatic N) is 1. The number of imidazole rings is 1. The van der Waals surface area contributed by atoms with Crippen LogP contribution in [0, 0.1) is 0 Å². The van der Waals surface area contributed by atoms with Crippen LogP contribution >= 0.6 is 0 Å². The Morgan fingerprint density at radius 1 is 1.50 bits per heavy atom. The van der Waals surface area contributed by atoms with E-state index in [1.807, 2.05) is 0 Å². The first-order valence-corrected chi connectivity index (χ1v) is 4.02. The highest BCUT2D eigenvalue weighted by Crippen LogP contribution is 2.14. The molecule has 1 aromatic carbocycles. The number of H-pyrrole nitrogens is 1. The molecular formula is C9H8N2O3. The van der Waals surface area contributed by atoms with Gasteiger partial charge in [0, 0.05) is 7.05 Å². The summed E-state index contributed by atoms with van der Waals surface area (Å²) in [5.74, 6) is -1.04. The van der Waals surface area contributed by atoms with Gasteiger partial charge >= 0.3 is 11.7 Å².